The molecule has 0 aliphatic carbocycles. The highest BCUT2D eigenvalue weighted by Gasteiger charge is 2.23. The number of hydrogen-bond acceptors (Lipinski definition) is 6. The number of benzene rings is 1. The summed E-state index contributed by atoms with van der Waals surface area (Å²) in [5.41, 5.74) is 1.28. The number of nitrogens with zero attached hydrogens (tertiary/aromatic N) is 3. The van der Waals surface area contributed by atoms with Crippen LogP contribution in [0.2, 0.25) is 0 Å². The lowest BCUT2D eigenvalue weighted by atomic mass is 10.1. The van der Waals surface area contributed by atoms with Gasteiger partial charge in [0.05, 0.1) is 23.9 Å². The largest absolute Gasteiger partial charge is 0.468 e. The summed E-state index contributed by atoms with van der Waals surface area (Å²) in [5, 5.41) is 4.42. The molecule has 1 aliphatic heterocycles. The summed E-state index contributed by atoms with van der Waals surface area (Å²) in [4.78, 5) is 16.1. The first-order valence-electron chi connectivity index (χ1n) is 8.11. The number of esters is 1. The fourth-order valence-corrected chi connectivity index (χ4v) is 3.06. The zero-order valence-corrected chi connectivity index (χ0v) is 14.5. The van der Waals surface area contributed by atoms with Gasteiger partial charge in [-0.05, 0) is 31.2 Å². The van der Waals surface area contributed by atoms with Gasteiger partial charge >= 0.3 is 5.97 Å². The van der Waals surface area contributed by atoms with Gasteiger partial charge in [0, 0.05) is 11.1 Å². The molecule has 7 nitrogen and oxygen atoms in total. The van der Waals surface area contributed by atoms with Crippen molar-refractivity contribution < 1.29 is 27.8 Å². The van der Waals surface area contributed by atoms with Crippen LogP contribution in [-0.4, -0.2) is 34.6 Å². The minimum atomic E-state index is -2.72. The molecule has 2 aromatic heterocycles. The first-order valence-corrected chi connectivity index (χ1v) is 8.11. The zero-order valence-electron chi connectivity index (χ0n) is 14.5. The maximum absolute atomic E-state index is 13.7. The Bertz CT molecular complexity index is 1050. The van der Waals surface area contributed by atoms with Crippen LogP contribution in [0.25, 0.3) is 22.3 Å². The van der Waals surface area contributed by atoms with Crippen molar-refractivity contribution in [2.45, 2.75) is 19.9 Å². The molecule has 0 unspecified atom stereocenters. The molecule has 4 rings (SSSR count). The van der Waals surface area contributed by atoms with Crippen molar-refractivity contribution in [1.29, 1.82) is 0 Å². The van der Waals surface area contributed by atoms with Crippen LogP contribution in [0.4, 0.5) is 8.78 Å². The van der Waals surface area contributed by atoms with E-state index in [-0.39, 0.29) is 29.9 Å². The van der Waals surface area contributed by atoms with E-state index in [1.807, 2.05) is 0 Å². The molecule has 3 aromatic rings. The van der Waals surface area contributed by atoms with E-state index in [4.69, 9.17) is 9.47 Å². The fourth-order valence-electron chi connectivity index (χ4n) is 3.06. The van der Waals surface area contributed by atoms with E-state index in [0.717, 1.165) is 0 Å². The zero-order chi connectivity index (χ0) is 19.1. The van der Waals surface area contributed by atoms with Crippen molar-refractivity contribution in [3.05, 3.63) is 35.5 Å². The van der Waals surface area contributed by atoms with E-state index in [1.165, 1.54) is 17.9 Å². The number of pyridine rings is 1. The number of carbonyl (C=O) groups is 1. The molecule has 3 heterocycles. The number of fused-ring (bicyclic) bond motifs is 2. The molecule has 1 aromatic carbocycles. The van der Waals surface area contributed by atoms with E-state index in [1.54, 1.807) is 25.1 Å². The molecule has 0 saturated heterocycles. The summed E-state index contributed by atoms with van der Waals surface area (Å²) in [6, 6.07) is 6.43. The van der Waals surface area contributed by atoms with E-state index in [0.29, 0.717) is 28.5 Å². The van der Waals surface area contributed by atoms with Gasteiger partial charge in [0.1, 0.15) is 6.54 Å². The Labute approximate surface area is 152 Å². The summed E-state index contributed by atoms with van der Waals surface area (Å²) in [7, 11) is 1.25. The Balaban J connectivity index is 1.91. The standard InChI is InChI=1S/C18H15F2N3O4/c1-9-16-11(17(19)20)6-12(10-3-4-13-14(5-10)27-8-26-13)21-18(16)23(22-9)7-15(24)25-2/h3-6,17H,7-8H2,1-2H3. The topological polar surface area (TPSA) is 75.5 Å². The van der Waals surface area contributed by atoms with Crippen LogP contribution in [0, 0.1) is 6.92 Å². The highest BCUT2D eigenvalue weighted by atomic mass is 19.3. The van der Waals surface area contributed by atoms with Gasteiger partial charge < -0.3 is 14.2 Å². The summed E-state index contributed by atoms with van der Waals surface area (Å²) in [6.07, 6.45) is -2.72. The molecule has 9 heteroatoms. The van der Waals surface area contributed by atoms with Crippen LogP contribution in [0.15, 0.2) is 24.3 Å². The van der Waals surface area contributed by atoms with E-state index < -0.39 is 12.4 Å². The third-order valence-electron chi connectivity index (χ3n) is 4.32. The maximum Gasteiger partial charge on any atom is 0.327 e. The minimum absolute atomic E-state index is 0.110. The number of halogens is 2. The van der Waals surface area contributed by atoms with E-state index >= 15 is 0 Å². The number of methoxy groups -OCH3 is 1. The first kappa shape index (κ1) is 17.2. The molecule has 27 heavy (non-hydrogen) atoms. The quantitative estimate of drug-likeness (QED) is 0.652. The van der Waals surface area contributed by atoms with Gasteiger partial charge in [0.15, 0.2) is 17.1 Å². The number of rotatable bonds is 4. The van der Waals surface area contributed by atoms with Crippen LogP contribution in [0.5, 0.6) is 11.5 Å². The van der Waals surface area contributed by atoms with Gasteiger partial charge in [-0.15, -0.1) is 0 Å². The van der Waals surface area contributed by atoms with Crippen molar-refractivity contribution >= 4 is 17.0 Å². The minimum Gasteiger partial charge on any atom is -0.468 e. The molecular weight excluding hydrogens is 360 g/mol. The third kappa shape index (κ3) is 2.94. The second-order valence-corrected chi connectivity index (χ2v) is 5.98. The van der Waals surface area contributed by atoms with Crippen molar-refractivity contribution in [3.8, 4) is 22.8 Å². The van der Waals surface area contributed by atoms with Gasteiger partial charge in [-0.25, -0.2) is 18.4 Å². The number of hydrogen-bond donors (Lipinski definition) is 0. The van der Waals surface area contributed by atoms with Gasteiger partial charge in [-0.1, -0.05) is 0 Å². The van der Waals surface area contributed by atoms with E-state index in [2.05, 4.69) is 14.8 Å². The Kier molecular flexibility index (Phi) is 4.14. The van der Waals surface area contributed by atoms with Crippen LogP contribution in [0.3, 0.4) is 0 Å². The second-order valence-electron chi connectivity index (χ2n) is 5.98. The molecule has 1 aliphatic rings. The van der Waals surface area contributed by atoms with E-state index in [9.17, 15) is 13.6 Å². The van der Waals surface area contributed by atoms with Gasteiger partial charge in [-0.3, -0.25) is 4.79 Å². The molecule has 140 valence electrons. The predicted molar refractivity (Wildman–Crippen MR) is 90.8 cm³/mol. The van der Waals surface area contributed by atoms with Gasteiger partial charge in [0.2, 0.25) is 6.79 Å². The van der Waals surface area contributed by atoms with Crippen molar-refractivity contribution in [2.24, 2.45) is 0 Å². The summed E-state index contributed by atoms with van der Waals surface area (Å²) < 4.78 is 44.0. The SMILES string of the molecule is COC(=O)Cn1nc(C)c2c(C(F)F)cc(-c3ccc4c(c3)OCO4)nc21. The van der Waals surface area contributed by atoms with Gasteiger partial charge in [0.25, 0.3) is 6.43 Å². The average Bonchev–Trinajstić information content (AvgIpc) is 3.25. The summed E-state index contributed by atoms with van der Waals surface area (Å²) in [5.74, 6) is 0.556. The highest BCUT2D eigenvalue weighted by molar-refractivity contribution is 5.86. The normalized spacial score (nSPS) is 12.8. The van der Waals surface area contributed by atoms with Crippen LogP contribution < -0.4 is 9.47 Å². The molecule has 0 bridgehead atoms. The summed E-state index contributed by atoms with van der Waals surface area (Å²) >= 11 is 0. The lowest BCUT2D eigenvalue weighted by Gasteiger charge is -2.09. The molecule has 0 N–H and O–H groups in total. The number of aromatic nitrogens is 3. The number of ether oxygens (including phenoxy) is 3. The average molecular weight is 375 g/mol. The number of carbonyl (C=O) groups excluding carboxylic acids is 1. The smallest absolute Gasteiger partial charge is 0.327 e. The van der Waals surface area contributed by atoms with Crippen LogP contribution in [-0.2, 0) is 16.1 Å². The lowest BCUT2D eigenvalue weighted by Crippen LogP contribution is -2.13. The van der Waals surface area contributed by atoms with Crippen molar-refractivity contribution in [2.75, 3.05) is 13.9 Å². The third-order valence-corrected chi connectivity index (χ3v) is 4.32. The fraction of sp³-hybridized carbons (Fsp3) is 0.278. The van der Waals surface area contributed by atoms with Crippen molar-refractivity contribution in [3.63, 3.8) is 0 Å². The molecule has 0 fully saturated rings. The molecule has 0 spiro atoms. The lowest BCUT2D eigenvalue weighted by molar-refractivity contribution is -0.141. The Morgan fingerprint density at radius 1 is 1.30 bits per heavy atom. The maximum atomic E-state index is 13.7. The molecule has 0 atom stereocenters. The molecule has 0 saturated carbocycles. The highest BCUT2D eigenvalue weighted by Crippen LogP contribution is 2.38. The first-order chi connectivity index (χ1) is 13.0. The van der Waals surface area contributed by atoms with Crippen LogP contribution in [0.1, 0.15) is 17.7 Å². The molecule has 0 amide bonds. The Morgan fingerprint density at radius 2 is 2.07 bits per heavy atom. The van der Waals surface area contributed by atoms with Crippen molar-refractivity contribution in [1.82, 2.24) is 14.8 Å². The molecule has 0 radical (unpaired) electrons. The van der Waals surface area contributed by atoms with Gasteiger partial charge in [-0.2, -0.15) is 5.10 Å². The van der Waals surface area contributed by atoms with Crippen LogP contribution >= 0.6 is 0 Å². The number of alkyl halides is 2. The molecular formula is C18H15F2N3O4. The Hall–Kier alpha value is -3.23. The number of aryl methyl sites for hydroxylation is 1. The Morgan fingerprint density at radius 3 is 2.81 bits per heavy atom. The predicted octanol–water partition coefficient (Wildman–Crippen LogP) is 3.25. The second kappa shape index (κ2) is 6.49. The summed E-state index contributed by atoms with van der Waals surface area (Å²) in [6.45, 7) is 1.49. The monoisotopic (exact) mass is 375 g/mol.